The lowest BCUT2D eigenvalue weighted by atomic mass is 10.3. The van der Waals surface area contributed by atoms with Crippen molar-refractivity contribution in [3.8, 4) is 11.6 Å². The summed E-state index contributed by atoms with van der Waals surface area (Å²) >= 11 is 11.7. The molecule has 1 heterocycles. The number of nitrogens with zero attached hydrogens (tertiary/aromatic N) is 1. The Hall–Kier alpha value is -1.78. The summed E-state index contributed by atoms with van der Waals surface area (Å²) in [5.41, 5.74) is 0.0816. The zero-order valence-corrected chi connectivity index (χ0v) is 10.4. The smallest absolute Gasteiger partial charge is 0.335 e. The second kappa shape index (κ2) is 5.25. The van der Waals surface area contributed by atoms with Crippen LogP contribution in [0.4, 0.5) is 0 Å². The van der Waals surface area contributed by atoms with E-state index in [1.54, 1.807) is 12.1 Å². The number of hydrogen-bond acceptors (Lipinski definition) is 3. The van der Waals surface area contributed by atoms with Gasteiger partial charge in [0, 0.05) is 23.4 Å². The van der Waals surface area contributed by atoms with Crippen LogP contribution < -0.4 is 4.74 Å². The van der Waals surface area contributed by atoms with Crippen LogP contribution >= 0.6 is 23.2 Å². The summed E-state index contributed by atoms with van der Waals surface area (Å²) in [6.45, 7) is 0. The second-order valence-electron chi connectivity index (χ2n) is 3.36. The van der Waals surface area contributed by atoms with Gasteiger partial charge in [-0.05, 0) is 18.2 Å². The van der Waals surface area contributed by atoms with E-state index in [-0.39, 0.29) is 11.4 Å². The zero-order chi connectivity index (χ0) is 13.1. The monoisotopic (exact) mass is 283 g/mol. The fourth-order valence-corrected chi connectivity index (χ4v) is 1.58. The summed E-state index contributed by atoms with van der Waals surface area (Å²) in [5, 5.41) is 9.67. The van der Waals surface area contributed by atoms with Crippen molar-refractivity contribution >= 4 is 29.2 Å². The molecule has 0 aliphatic rings. The molecule has 0 atom stereocenters. The number of aromatic nitrogens is 1. The normalized spacial score (nSPS) is 10.1. The van der Waals surface area contributed by atoms with E-state index in [0.29, 0.717) is 15.8 Å². The molecule has 0 saturated heterocycles. The van der Waals surface area contributed by atoms with Gasteiger partial charge < -0.3 is 9.84 Å². The lowest BCUT2D eigenvalue weighted by molar-refractivity contribution is 0.0696. The average Bonchev–Trinajstić information content (AvgIpc) is 2.34. The number of rotatable bonds is 3. The average molecular weight is 284 g/mol. The first kappa shape index (κ1) is 12.7. The van der Waals surface area contributed by atoms with Gasteiger partial charge in [-0.2, -0.15) is 0 Å². The molecule has 0 saturated carbocycles. The molecule has 2 aromatic rings. The van der Waals surface area contributed by atoms with E-state index < -0.39 is 5.97 Å². The predicted molar refractivity (Wildman–Crippen MR) is 67.7 cm³/mol. The first-order valence-electron chi connectivity index (χ1n) is 4.88. The van der Waals surface area contributed by atoms with Gasteiger partial charge >= 0.3 is 5.97 Å². The maximum absolute atomic E-state index is 10.8. The Bertz CT molecular complexity index is 602. The van der Waals surface area contributed by atoms with Crippen molar-refractivity contribution in [2.45, 2.75) is 0 Å². The minimum absolute atomic E-state index is 0.0816. The van der Waals surface area contributed by atoms with E-state index in [9.17, 15) is 4.79 Å². The van der Waals surface area contributed by atoms with Gasteiger partial charge in [0.15, 0.2) is 0 Å². The Balaban J connectivity index is 2.31. The third-order valence-corrected chi connectivity index (χ3v) is 2.64. The highest BCUT2D eigenvalue weighted by Gasteiger charge is 2.08. The minimum Gasteiger partial charge on any atom is -0.478 e. The fraction of sp³-hybridized carbons (Fsp3) is 0. The zero-order valence-electron chi connectivity index (χ0n) is 8.93. The lowest BCUT2D eigenvalue weighted by Gasteiger charge is -2.07. The molecule has 6 heteroatoms. The van der Waals surface area contributed by atoms with Gasteiger partial charge in [0.05, 0.1) is 10.6 Å². The maximum Gasteiger partial charge on any atom is 0.335 e. The number of aromatic carboxylic acids is 1. The molecule has 0 spiro atoms. The number of carboxylic acids is 1. The van der Waals surface area contributed by atoms with Crippen molar-refractivity contribution in [3.05, 3.63) is 52.1 Å². The molecule has 4 nitrogen and oxygen atoms in total. The minimum atomic E-state index is -1.06. The molecule has 0 unspecified atom stereocenters. The van der Waals surface area contributed by atoms with E-state index in [1.807, 2.05) is 0 Å². The predicted octanol–water partition coefficient (Wildman–Crippen LogP) is 3.88. The lowest BCUT2D eigenvalue weighted by Crippen LogP contribution is -1.97. The van der Waals surface area contributed by atoms with Crippen molar-refractivity contribution in [1.82, 2.24) is 4.98 Å². The summed E-state index contributed by atoms with van der Waals surface area (Å²) in [6, 6.07) is 7.41. The van der Waals surface area contributed by atoms with Gasteiger partial charge in [-0.1, -0.05) is 23.2 Å². The molecular weight excluding hydrogens is 277 g/mol. The van der Waals surface area contributed by atoms with Crippen LogP contribution in [0.2, 0.25) is 10.0 Å². The topological polar surface area (TPSA) is 59.4 Å². The van der Waals surface area contributed by atoms with Crippen LogP contribution in [0, 0.1) is 0 Å². The number of hydrogen-bond donors (Lipinski definition) is 1. The molecule has 18 heavy (non-hydrogen) atoms. The SMILES string of the molecule is O=C(O)c1ccnc(Oc2cc(Cl)ccc2Cl)c1. The maximum atomic E-state index is 10.8. The number of benzene rings is 1. The third-order valence-electron chi connectivity index (χ3n) is 2.09. The Kier molecular flexibility index (Phi) is 3.69. The molecule has 0 radical (unpaired) electrons. The summed E-state index contributed by atoms with van der Waals surface area (Å²) < 4.78 is 5.39. The number of halogens is 2. The van der Waals surface area contributed by atoms with Crippen LogP contribution in [0.25, 0.3) is 0 Å². The van der Waals surface area contributed by atoms with Gasteiger partial charge in [0.25, 0.3) is 0 Å². The van der Waals surface area contributed by atoms with Crippen LogP contribution in [0.5, 0.6) is 11.6 Å². The van der Waals surface area contributed by atoms with Crippen molar-refractivity contribution in [3.63, 3.8) is 0 Å². The van der Waals surface area contributed by atoms with Crippen LogP contribution in [-0.4, -0.2) is 16.1 Å². The molecule has 1 aromatic heterocycles. The fourth-order valence-electron chi connectivity index (χ4n) is 1.27. The molecule has 2 rings (SSSR count). The molecule has 0 fully saturated rings. The Morgan fingerprint density at radius 2 is 2.00 bits per heavy atom. The standard InChI is InChI=1S/C12H7Cl2NO3/c13-8-1-2-9(14)10(6-8)18-11-5-7(12(16)17)3-4-15-11/h1-6H,(H,16,17). The summed E-state index contributed by atoms with van der Waals surface area (Å²) in [7, 11) is 0. The van der Waals surface area contributed by atoms with E-state index >= 15 is 0 Å². The van der Waals surface area contributed by atoms with Crippen molar-refractivity contribution < 1.29 is 14.6 Å². The Labute approximate surface area is 113 Å². The summed E-state index contributed by atoms with van der Waals surface area (Å²) in [6.07, 6.45) is 1.34. The number of ether oxygens (including phenoxy) is 1. The highest BCUT2D eigenvalue weighted by Crippen LogP contribution is 2.31. The van der Waals surface area contributed by atoms with E-state index in [2.05, 4.69) is 4.98 Å². The van der Waals surface area contributed by atoms with Crippen LogP contribution in [-0.2, 0) is 0 Å². The molecule has 0 aliphatic heterocycles. The number of pyridine rings is 1. The Morgan fingerprint density at radius 1 is 1.22 bits per heavy atom. The van der Waals surface area contributed by atoms with Crippen molar-refractivity contribution in [1.29, 1.82) is 0 Å². The molecule has 1 N–H and O–H groups in total. The van der Waals surface area contributed by atoms with Crippen LogP contribution in [0.15, 0.2) is 36.5 Å². The quantitative estimate of drug-likeness (QED) is 0.929. The first-order chi connectivity index (χ1) is 8.56. The third kappa shape index (κ3) is 2.91. The van der Waals surface area contributed by atoms with Gasteiger partial charge in [-0.15, -0.1) is 0 Å². The molecule has 0 aliphatic carbocycles. The summed E-state index contributed by atoms with van der Waals surface area (Å²) in [4.78, 5) is 14.7. The largest absolute Gasteiger partial charge is 0.478 e. The molecule has 1 aromatic carbocycles. The van der Waals surface area contributed by atoms with Crippen molar-refractivity contribution in [2.75, 3.05) is 0 Å². The number of carboxylic acid groups (broad SMARTS) is 1. The van der Waals surface area contributed by atoms with Gasteiger partial charge in [-0.25, -0.2) is 9.78 Å². The highest BCUT2D eigenvalue weighted by molar-refractivity contribution is 6.34. The van der Waals surface area contributed by atoms with Crippen molar-refractivity contribution in [2.24, 2.45) is 0 Å². The molecule has 0 bridgehead atoms. The molecule has 0 amide bonds. The second-order valence-corrected chi connectivity index (χ2v) is 4.21. The van der Waals surface area contributed by atoms with Crippen LogP contribution in [0.3, 0.4) is 0 Å². The van der Waals surface area contributed by atoms with Gasteiger partial charge in [0.1, 0.15) is 5.75 Å². The number of carbonyl (C=O) groups is 1. The highest BCUT2D eigenvalue weighted by atomic mass is 35.5. The van der Waals surface area contributed by atoms with Gasteiger partial charge in [0.2, 0.25) is 5.88 Å². The van der Waals surface area contributed by atoms with Gasteiger partial charge in [-0.3, -0.25) is 0 Å². The summed E-state index contributed by atoms with van der Waals surface area (Å²) in [5.74, 6) is -0.599. The van der Waals surface area contributed by atoms with Crippen LogP contribution in [0.1, 0.15) is 10.4 Å². The molecule has 92 valence electrons. The van der Waals surface area contributed by atoms with E-state index in [1.165, 1.54) is 24.4 Å². The molecular formula is C12H7Cl2NO3. The Morgan fingerprint density at radius 3 is 2.72 bits per heavy atom. The van der Waals surface area contributed by atoms with E-state index in [4.69, 9.17) is 33.0 Å². The first-order valence-corrected chi connectivity index (χ1v) is 5.64. The van der Waals surface area contributed by atoms with E-state index in [0.717, 1.165) is 0 Å².